The van der Waals surface area contributed by atoms with Gasteiger partial charge >= 0.3 is 0 Å². The second kappa shape index (κ2) is 5.90. The molecule has 2 rings (SSSR count). The molecule has 19 heavy (non-hydrogen) atoms. The Morgan fingerprint density at radius 3 is 3.05 bits per heavy atom. The highest BCUT2D eigenvalue weighted by atomic mass is 16.5. The van der Waals surface area contributed by atoms with E-state index in [2.05, 4.69) is 15.3 Å². The number of methoxy groups -OCH3 is 1. The Bertz CT molecular complexity index is 552. The van der Waals surface area contributed by atoms with Crippen molar-refractivity contribution in [3.8, 4) is 11.5 Å². The molecular formula is C13H15N3O3. The molecule has 0 aliphatic rings. The zero-order valence-electron chi connectivity index (χ0n) is 10.5. The van der Waals surface area contributed by atoms with Crippen LogP contribution in [0.5, 0.6) is 11.5 Å². The van der Waals surface area contributed by atoms with Crippen LogP contribution in [0.2, 0.25) is 0 Å². The van der Waals surface area contributed by atoms with E-state index in [0.717, 1.165) is 5.69 Å². The predicted octanol–water partition coefficient (Wildman–Crippen LogP) is 1.10. The van der Waals surface area contributed by atoms with Crippen LogP contribution in [0.15, 0.2) is 30.7 Å². The van der Waals surface area contributed by atoms with E-state index in [1.807, 2.05) is 0 Å². The number of aromatic amines is 1. The van der Waals surface area contributed by atoms with Crippen molar-refractivity contribution in [2.24, 2.45) is 0 Å². The number of amides is 1. The molecule has 1 amide bonds. The van der Waals surface area contributed by atoms with Crippen LogP contribution in [-0.4, -0.2) is 34.6 Å². The van der Waals surface area contributed by atoms with Gasteiger partial charge in [0.2, 0.25) is 0 Å². The molecule has 0 aliphatic heterocycles. The van der Waals surface area contributed by atoms with E-state index in [1.165, 1.54) is 19.2 Å². The van der Waals surface area contributed by atoms with Crippen LogP contribution < -0.4 is 10.1 Å². The molecule has 6 heteroatoms. The van der Waals surface area contributed by atoms with Gasteiger partial charge in [0, 0.05) is 24.9 Å². The predicted molar refractivity (Wildman–Crippen MR) is 69.3 cm³/mol. The Morgan fingerprint density at radius 1 is 1.53 bits per heavy atom. The number of benzene rings is 1. The zero-order chi connectivity index (χ0) is 13.7. The molecule has 6 nitrogen and oxygen atoms in total. The van der Waals surface area contributed by atoms with Gasteiger partial charge in [-0.2, -0.15) is 0 Å². The number of aromatic hydroxyl groups is 1. The van der Waals surface area contributed by atoms with E-state index in [4.69, 9.17) is 4.74 Å². The second-order valence-electron chi connectivity index (χ2n) is 3.97. The number of carbonyl (C=O) groups is 1. The first kappa shape index (κ1) is 12.9. The number of imidazole rings is 1. The van der Waals surface area contributed by atoms with Gasteiger partial charge in [0.15, 0.2) is 0 Å². The third kappa shape index (κ3) is 3.25. The molecule has 0 spiro atoms. The number of nitrogens with one attached hydrogen (secondary N) is 2. The van der Waals surface area contributed by atoms with Gasteiger partial charge in [0.25, 0.3) is 5.91 Å². The number of phenolic OH excluding ortho intramolecular Hbond substituents is 1. The number of nitrogens with zero attached hydrogens (tertiary/aromatic N) is 1. The second-order valence-corrected chi connectivity index (χ2v) is 3.97. The number of hydrogen-bond donors (Lipinski definition) is 3. The number of carbonyl (C=O) groups excluding carboxylic acids is 1. The molecule has 0 fully saturated rings. The maximum absolute atomic E-state index is 11.9. The van der Waals surface area contributed by atoms with E-state index >= 15 is 0 Å². The lowest BCUT2D eigenvalue weighted by atomic mass is 10.1. The average Bonchev–Trinajstić information content (AvgIpc) is 2.92. The Labute approximate surface area is 110 Å². The lowest BCUT2D eigenvalue weighted by molar-refractivity contribution is 0.0951. The summed E-state index contributed by atoms with van der Waals surface area (Å²) in [4.78, 5) is 18.7. The highest BCUT2D eigenvalue weighted by Crippen LogP contribution is 2.22. The smallest absolute Gasteiger partial charge is 0.255 e. The van der Waals surface area contributed by atoms with Crippen LogP contribution in [0.3, 0.4) is 0 Å². The molecule has 1 aromatic heterocycles. The molecule has 1 aromatic carbocycles. The van der Waals surface area contributed by atoms with Crippen LogP contribution in [0.1, 0.15) is 16.1 Å². The van der Waals surface area contributed by atoms with Crippen molar-refractivity contribution < 1.29 is 14.6 Å². The Balaban J connectivity index is 1.95. The molecule has 0 atom stereocenters. The van der Waals surface area contributed by atoms with Crippen LogP contribution >= 0.6 is 0 Å². The molecule has 0 radical (unpaired) electrons. The fourth-order valence-electron chi connectivity index (χ4n) is 1.65. The third-order valence-corrected chi connectivity index (χ3v) is 2.68. The highest BCUT2D eigenvalue weighted by molar-refractivity contribution is 5.97. The van der Waals surface area contributed by atoms with E-state index < -0.39 is 0 Å². The van der Waals surface area contributed by atoms with Crippen LogP contribution in [0.4, 0.5) is 0 Å². The quantitative estimate of drug-likeness (QED) is 0.752. The fourth-order valence-corrected chi connectivity index (χ4v) is 1.65. The topological polar surface area (TPSA) is 87.2 Å². The van der Waals surface area contributed by atoms with Crippen LogP contribution in [-0.2, 0) is 6.42 Å². The van der Waals surface area contributed by atoms with Gasteiger partial charge in [-0.3, -0.25) is 4.79 Å². The van der Waals surface area contributed by atoms with Crippen molar-refractivity contribution in [3.05, 3.63) is 42.0 Å². The molecule has 0 unspecified atom stereocenters. The summed E-state index contributed by atoms with van der Waals surface area (Å²) in [6, 6.07) is 4.53. The third-order valence-electron chi connectivity index (χ3n) is 2.68. The molecule has 0 aliphatic carbocycles. The molecule has 1 heterocycles. The maximum Gasteiger partial charge on any atom is 0.255 e. The largest absolute Gasteiger partial charge is 0.507 e. The molecule has 3 N–H and O–H groups in total. The van der Waals surface area contributed by atoms with Crippen molar-refractivity contribution in [1.82, 2.24) is 15.3 Å². The monoisotopic (exact) mass is 261 g/mol. The van der Waals surface area contributed by atoms with Crippen molar-refractivity contribution in [1.29, 1.82) is 0 Å². The highest BCUT2D eigenvalue weighted by Gasteiger charge is 2.11. The minimum absolute atomic E-state index is 0.0696. The normalized spacial score (nSPS) is 10.2. The van der Waals surface area contributed by atoms with Crippen molar-refractivity contribution in [3.63, 3.8) is 0 Å². The Hall–Kier alpha value is -2.50. The minimum Gasteiger partial charge on any atom is -0.507 e. The molecule has 0 bridgehead atoms. The van der Waals surface area contributed by atoms with Gasteiger partial charge < -0.3 is 20.1 Å². The number of ether oxygens (including phenoxy) is 1. The van der Waals surface area contributed by atoms with Crippen LogP contribution in [0, 0.1) is 0 Å². The summed E-state index contributed by atoms with van der Waals surface area (Å²) in [6.07, 6.45) is 3.94. The van der Waals surface area contributed by atoms with Gasteiger partial charge in [-0.25, -0.2) is 4.98 Å². The zero-order valence-corrected chi connectivity index (χ0v) is 10.5. The molecule has 0 saturated heterocycles. The van der Waals surface area contributed by atoms with E-state index in [9.17, 15) is 9.90 Å². The van der Waals surface area contributed by atoms with Gasteiger partial charge in [-0.05, 0) is 18.2 Å². The lowest BCUT2D eigenvalue weighted by Gasteiger charge is -2.08. The summed E-state index contributed by atoms with van der Waals surface area (Å²) >= 11 is 0. The van der Waals surface area contributed by atoms with E-state index in [0.29, 0.717) is 18.7 Å². The molecular weight excluding hydrogens is 246 g/mol. The van der Waals surface area contributed by atoms with Gasteiger partial charge in [0.05, 0.1) is 19.0 Å². The maximum atomic E-state index is 11.9. The van der Waals surface area contributed by atoms with E-state index in [-0.39, 0.29) is 17.2 Å². The average molecular weight is 261 g/mol. The summed E-state index contributed by atoms with van der Waals surface area (Å²) in [5, 5.41) is 12.4. The minimum atomic E-state index is -0.337. The van der Waals surface area contributed by atoms with Gasteiger partial charge in [-0.1, -0.05) is 0 Å². The number of aromatic nitrogens is 2. The van der Waals surface area contributed by atoms with E-state index in [1.54, 1.807) is 18.6 Å². The number of hydrogen-bond acceptors (Lipinski definition) is 4. The Kier molecular flexibility index (Phi) is 4.02. The summed E-state index contributed by atoms with van der Waals surface area (Å²) in [5.74, 6) is 0.118. The first-order chi connectivity index (χ1) is 9.20. The fraction of sp³-hybridized carbons (Fsp3) is 0.231. The Morgan fingerprint density at radius 2 is 2.37 bits per heavy atom. The first-order valence-electron chi connectivity index (χ1n) is 5.83. The van der Waals surface area contributed by atoms with Crippen molar-refractivity contribution in [2.75, 3.05) is 13.7 Å². The summed E-state index contributed by atoms with van der Waals surface area (Å²) in [5.41, 5.74) is 1.14. The lowest BCUT2D eigenvalue weighted by Crippen LogP contribution is -2.25. The SMILES string of the molecule is COc1ccc(O)c(C(=O)NCCc2cnc[nH]2)c1. The molecule has 100 valence electrons. The summed E-state index contributed by atoms with van der Waals surface area (Å²) in [6.45, 7) is 0.456. The van der Waals surface area contributed by atoms with Crippen molar-refractivity contribution >= 4 is 5.91 Å². The number of rotatable bonds is 5. The molecule has 0 saturated carbocycles. The number of phenols is 1. The number of H-pyrrole nitrogens is 1. The van der Waals surface area contributed by atoms with Gasteiger partial charge in [-0.15, -0.1) is 0 Å². The summed E-state index contributed by atoms with van der Waals surface area (Å²) in [7, 11) is 1.51. The van der Waals surface area contributed by atoms with Gasteiger partial charge in [0.1, 0.15) is 11.5 Å². The van der Waals surface area contributed by atoms with Crippen molar-refractivity contribution in [2.45, 2.75) is 6.42 Å². The van der Waals surface area contributed by atoms with Crippen LogP contribution in [0.25, 0.3) is 0 Å². The summed E-state index contributed by atoms with van der Waals surface area (Å²) < 4.78 is 5.02. The first-order valence-corrected chi connectivity index (χ1v) is 5.83. The standard InChI is InChI=1S/C13H15N3O3/c1-19-10-2-3-12(17)11(6-10)13(18)15-5-4-9-7-14-8-16-9/h2-3,6-8,17H,4-5H2,1H3,(H,14,16)(H,15,18). The molecule has 2 aromatic rings.